The predicted octanol–water partition coefficient (Wildman–Crippen LogP) is 3.34. The van der Waals surface area contributed by atoms with Gasteiger partial charge in [0.1, 0.15) is 5.01 Å². The Morgan fingerprint density at radius 1 is 1.40 bits per heavy atom. The van der Waals surface area contributed by atoms with Gasteiger partial charge in [0.2, 0.25) is 0 Å². The lowest BCUT2D eigenvalue weighted by Gasteiger charge is -2.49. The van der Waals surface area contributed by atoms with Crippen molar-refractivity contribution in [3.63, 3.8) is 0 Å². The third kappa shape index (κ3) is 3.07. The zero-order valence-electron chi connectivity index (χ0n) is 12.8. The minimum atomic E-state index is 0.399. The monoisotopic (exact) mass is 293 g/mol. The molecule has 3 rings (SSSR count). The maximum atomic E-state index is 4.57. The van der Waals surface area contributed by atoms with Crippen LogP contribution in [0.25, 0.3) is 0 Å². The molecule has 1 aliphatic heterocycles. The summed E-state index contributed by atoms with van der Waals surface area (Å²) in [6.45, 7) is 7.87. The van der Waals surface area contributed by atoms with Gasteiger partial charge in [0.25, 0.3) is 0 Å². The summed E-state index contributed by atoms with van der Waals surface area (Å²) in [5, 5.41) is 5.18. The van der Waals surface area contributed by atoms with Crippen molar-refractivity contribution < 1.29 is 0 Å². The van der Waals surface area contributed by atoms with E-state index >= 15 is 0 Å². The summed E-state index contributed by atoms with van der Waals surface area (Å²) in [5.74, 6) is 0. The first kappa shape index (κ1) is 14.5. The average Bonchev–Trinajstić information content (AvgIpc) is 2.85. The van der Waals surface area contributed by atoms with Gasteiger partial charge in [-0.3, -0.25) is 4.90 Å². The van der Waals surface area contributed by atoms with E-state index in [-0.39, 0.29) is 0 Å². The third-order valence-electron chi connectivity index (χ3n) is 5.02. The van der Waals surface area contributed by atoms with Crippen molar-refractivity contribution in [2.24, 2.45) is 0 Å². The van der Waals surface area contributed by atoms with Gasteiger partial charge in [-0.05, 0) is 26.2 Å². The summed E-state index contributed by atoms with van der Waals surface area (Å²) in [7, 11) is 0. The molecule has 1 aliphatic carbocycles. The first-order chi connectivity index (χ1) is 9.71. The van der Waals surface area contributed by atoms with Crippen molar-refractivity contribution in [3.05, 3.63) is 16.1 Å². The highest BCUT2D eigenvalue weighted by Crippen LogP contribution is 2.33. The Kier molecular flexibility index (Phi) is 4.43. The van der Waals surface area contributed by atoms with Gasteiger partial charge in [-0.15, -0.1) is 11.3 Å². The second kappa shape index (κ2) is 6.12. The van der Waals surface area contributed by atoms with E-state index in [4.69, 9.17) is 0 Å². The van der Waals surface area contributed by atoms with Crippen LogP contribution in [0.15, 0.2) is 6.20 Å². The molecule has 1 N–H and O–H groups in total. The highest BCUT2D eigenvalue weighted by atomic mass is 32.1. The van der Waals surface area contributed by atoms with Crippen LogP contribution in [-0.2, 0) is 6.54 Å². The first-order valence-corrected chi connectivity index (χ1v) is 8.93. The zero-order valence-corrected chi connectivity index (χ0v) is 13.6. The van der Waals surface area contributed by atoms with Crippen molar-refractivity contribution in [2.45, 2.75) is 70.5 Å². The molecule has 1 spiro atoms. The Hall–Kier alpha value is -0.450. The molecule has 0 bridgehead atoms. The lowest BCUT2D eigenvalue weighted by atomic mass is 9.79. The minimum Gasteiger partial charge on any atom is -0.308 e. The van der Waals surface area contributed by atoms with Gasteiger partial charge in [-0.1, -0.05) is 26.2 Å². The Morgan fingerprint density at radius 3 is 2.85 bits per heavy atom. The summed E-state index contributed by atoms with van der Waals surface area (Å²) in [6.07, 6.45) is 10.2. The predicted molar refractivity (Wildman–Crippen MR) is 85.2 cm³/mol. The number of aromatic nitrogens is 1. The van der Waals surface area contributed by atoms with Gasteiger partial charge in [-0.25, -0.2) is 4.98 Å². The maximum Gasteiger partial charge on any atom is 0.107 e. The Labute approximate surface area is 126 Å². The van der Waals surface area contributed by atoms with Crippen LogP contribution in [0.5, 0.6) is 0 Å². The molecule has 112 valence electrons. The number of hydrogen-bond acceptors (Lipinski definition) is 4. The van der Waals surface area contributed by atoms with Crippen LogP contribution < -0.4 is 5.32 Å². The topological polar surface area (TPSA) is 28.2 Å². The highest BCUT2D eigenvalue weighted by Gasteiger charge is 2.39. The lowest BCUT2D eigenvalue weighted by molar-refractivity contribution is 0.0484. The molecule has 1 unspecified atom stereocenters. The van der Waals surface area contributed by atoms with Crippen LogP contribution in [0.3, 0.4) is 0 Å². The number of nitrogens with one attached hydrogen (secondary N) is 1. The number of rotatable bonds is 3. The van der Waals surface area contributed by atoms with E-state index in [0.29, 0.717) is 11.6 Å². The highest BCUT2D eigenvalue weighted by molar-refractivity contribution is 7.11. The van der Waals surface area contributed by atoms with Gasteiger partial charge < -0.3 is 5.32 Å². The molecular formula is C16H27N3S. The molecule has 1 aromatic heterocycles. The van der Waals surface area contributed by atoms with Gasteiger partial charge in [0.05, 0.1) is 6.54 Å². The van der Waals surface area contributed by atoms with Crippen LogP contribution in [-0.4, -0.2) is 34.6 Å². The largest absolute Gasteiger partial charge is 0.308 e. The molecule has 0 amide bonds. The lowest BCUT2D eigenvalue weighted by Crippen LogP contribution is -2.64. The molecule has 0 aromatic carbocycles. The number of thiazole rings is 1. The summed E-state index contributed by atoms with van der Waals surface area (Å²) in [6, 6.07) is 0.673. The maximum absolute atomic E-state index is 4.57. The number of aryl methyl sites for hydroxylation is 1. The SMILES string of the molecule is CCC1CNC2(CCCCC2)CN1Cc1ncc(C)s1. The third-order valence-corrected chi connectivity index (χ3v) is 5.92. The number of nitrogens with zero attached hydrogens (tertiary/aromatic N) is 2. The van der Waals surface area contributed by atoms with Crippen molar-refractivity contribution in [3.8, 4) is 0 Å². The quantitative estimate of drug-likeness (QED) is 0.926. The normalized spacial score (nSPS) is 27.0. The van der Waals surface area contributed by atoms with Crippen LogP contribution in [0.4, 0.5) is 0 Å². The summed E-state index contributed by atoms with van der Waals surface area (Å²) < 4.78 is 0. The number of piperazine rings is 1. The van der Waals surface area contributed by atoms with E-state index in [0.717, 1.165) is 13.1 Å². The second-order valence-corrected chi connectivity index (χ2v) is 7.87. The molecule has 2 aliphatic rings. The summed E-state index contributed by atoms with van der Waals surface area (Å²) in [4.78, 5) is 8.59. The van der Waals surface area contributed by atoms with E-state index < -0.39 is 0 Å². The molecule has 1 saturated carbocycles. The Balaban J connectivity index is 1.71. The molecule has 1 atom stereocenters. The van der Waals surface area contributed by atoms with Crippen molar-refractivity contribution in [1.29, 1.82) is 0 Å². The molecule has 1 saturated heterocycles. The Morgan fingerprint density at radius 2 is 2.20 bits per heavy atom. The first-order valence-electron chi connectivity index (χ1n) is 8.11. The summed E-state index contributed by atoms with van der Waals surface area (Å²) >= 11 is 1.86. The molecule has 20 heavy (non-hydrogen) atoms. The fourth-order valence-electron chi connectivity index (χ4n) is 3.84. The smallest absolute Gasteiger partial charge is 0.107 e. The van der Waals surface area contributed by atoms with Gasteiger partial charge in [0.15, 0.2) is 0 Å². The van der Waals surface area contributed by atoms with Gasteiger partial charge >= 0.3 is 0 Å². The molecule has 3 nitrogen and oxygen atoms in total. The van der Waals surface area contributed by atoms with Gasteiger partial charge in [-0.2, -0.15) is 0 Å². The number of hydrogen-bond donors (Lipinski definition) is 1. The molecule has 2 heterocycles. The van der Waals surface area contributed by atoms with E-state index in [1.165, 1.54) is 55.0 Å². The van der Waals surface area contributed by atoms with E-state index in [1.807, 2.05) is 17.5 Å². The minimum absolute atomic E-state index is 0.399. The van der Waals surface area contributed by atoms with E-state index in [2.05, 4.69) is 29.0 Å². The molecule has 0 radical (unpaired) electrons. The average molecular weight is 293 g/mol. The summed E-state index contributed by atoms with van der Waals surface area (Å²) in [5.41, 5.74) is 0.399. The molecule has 1 aromatic rings. The molecule has 2 fully saturated rings. The van der Waals surface area contributed by atoms with Crippen LogP contribution in [0.2, 0.25) is 0 Å². The van der Waals surface area contributed by atoms with Crippen LogP contribution in [0, 0.1) is 6.92 Å². The van der Waals surface area contributed by atoms with E-state index in [1.54, 1.807) is 0 Å². The van der Waals surface area contributed by atoms with Crippen molar-refractivity contribution in [1.82, 2.24) is 15.2 Å². The van der Waals surface area contributed by atoms with Crippen LogP contribution in [0.1, 0.15) is 55.3 Å². The standard InChI is InChI=1S/C16H27N3S/c1-3-14-10-18-16(7-5-4-6-8-16)12-19(14)11-15-17-9-13(2)20-15/h9,14,18H,3-8,10-12H2,1-2H3. The van der Waals surface area contributed by atoms with Crippen molar-refractivity contribution >= 4 is 11.3 Å². The fourth-order valence-corrected chi connectivity index (χ4v) is 4.65. The van der Waals surface area contributed by atoms with Gasteiger partial charge in [0, 0.05) is 35.7 Å². The second-order valence-electron chi connectivity index (χ2n) is 6.55. The Bertz CT molecular complexity index is 437. The molecular weight excluding hydrogens is 266 g/mol. The van der Waals surface area contributed by atoms with E-state index in [9.17, 15) is 0 Å². The zero-order chi connectivity index (χ0) is 14.0. The van der Waals surface area contributed by atoms with Crippen LogP contribution >= 0.6 is 11.3 Å². The van der Waals surface area contributed by atoms with Crippen molar-refractivity contribution in [2.75, 3.05) is 13.1 Å². The molecule has 4 heteroatoms. The fraction of sp³-hybridized carbons (Fsp3) is 0.812.